The summed E-state index contributed by atoms with van der Waals surface area (Å²) in [6.45, 7) is 1.69. The number of hydrogen-bond donors (Lipinski definition) is 6. The average molecular weight is 552 g/mol. The van der Waals surface area contributed by atoms with E-state index >= 15 is 0 Å². The number of phenolic OH excluding ortho intramolecular Hbond substituents is 1. The Kier molecular flexibility index (Phi) is 9.96. The van der Waals surface area contributed by atoms with Crippen LogP contribution < -0.4 is 20.9 Å². The van der Waals surface area contributed by atoms with Crippen LogP contribution in [0.25, 0.3) is 10.9 Å². The van der Waals surface area contributed by atoms with Crippen LogP contribution in [0.1, 0.15) is 54.5 Å². The number of benzene rings is 2. The van der Waals surface area contributed by atoms with E-state index in [0.717, 1.165) is 43.4 Å². The number of aromatic nitrogens is 1. The van der Waals surface area contributed by atoms with Gasteiger partial charge in [-0.15, -0.1) is 0 Å². The molecule has 2 aromatic heterocycles. The third-order valence-electron chi connectivity index (χ3n) is 6.46. The van der Waals surface area contributed by atoms with E-state index in [0.29, 0.717) is 35.4 Å². The predicted octanol–water partition coefficient (Wildman–Crippen LogP) is 4.91. The summed E-state index contributed by atoms with van der Waals surface area (Å²) in [5.41, 5.74) is 2.39. The molecule has 0 aliphatic carbocycles. The summed E-state index contributed by atoms with van der Waals surface area (Å²) >= 11 is 1.52. The molecule has 2 atom stereocenters. The molecule has 2 heterocycles. The molecule has 0 radical (unpaired) electrons. The minimum atomic E-state index is -1.08. The van der Waals surface area contributed by atoms with Gasteiger partial charge in [-0.3, -0.25) is 4.79 Å². The fraction of sp³-hybridized carbons (Fsp3) is 0.310. The molecule has 0 aliphatic heterocycles. The molecule has 1 unspecified atom stereocenters. The minimum absolute atomic E-state index is 0.0268. The summed E-state index contributed by atoms with van der Waals surface area (Å²) in [4.78, 5) is 25.5. The van der Waals surface area contributed by atoms with Crippen LogP contribution in [0, 0.1) is 0 Å². The number of hydrogen-bond acceptors (Lipinski definition) is 7. The lowest BCUT2D eigenvalue weighted by molar-refractivity contribution is 0.176. The van der Waals surface area contributed by atoms with E-state index in [2.05, 4.69) is 15.6 Å². The molecule has 10 heteroatoms. The number of thiophene rings is 1. The van der Waals surface area contributed by atoms with Crippen LogP contribution in [-0.2, 0) is 0 Å². The number of carbonyl (C=O) groups is 1. The van der Waals surface area contributed by atoms with Crippen molar-refractivity contribution >= 4 is 28.3 Å². The van der Waals surface area contributed by atoms with Gasteiger partial charge in [0.25, 0.3) is 0 Å². The number of ether oxygens (including phenoxy) is 1. The van der Waals surface area contributed by atoms with E-state index in [1.165, 1.54) is 23.5 Å². The lowest BCUT2D eigenvalue weighted by Crippen LogP contribution is -2.27. The molecule has 0 bridgehead atoms. The third-order valence-corrected chi connectivity index (χ3v) is 7.16. The highest BCUT2D eigenvalue weighted by atomic mass is 32.1. The summed E-state index contributed by atoms with van der Waals surface area (Å²) < 4.78 is 5.92. The largest absolute Gasteiger partial charge is 0.506 e. The Morgan fingerprint density at radius 2 is 1.87 bits per heavy atom. The van der Waals surface area contributed by atoms with Crippen molar-refractivity contribution in [3.05, 3.63) is 92.4 Å². The molecule has 1 amide bonds. The van der Waals surface area contributed by atoms with E-state index in [1.54, 1.807) is 12.1 Å². The molecule has 206 valence electrons. The Morgan fingerprint density at radius 1 is 1.03 bits per heavy atom. The zero-order valence-corrected chi connectivity index (χ0v) is 22.2. The SMILES string of the molecule is O=C(O)NC(c1ccsc1)c1cccc(OCCCCCCNC[C@@H](O)c2ccc(O)c3[nH]c(=O)ccc23)c1. The number of aliphatic hydroxyl groups excluding tert-OH is 1. The zero-order chi connectivity index (χ0) is 27.6. The lowest BCUT2D eigenvalue weighted by atomic mass is 10.0. The highest BCUT2D eigenvalue weighted by molar-refractivity contribution is 7.08. The third kappa shape index (κ3) is 7.82. The van der Waals surface area contributed by atoms with Gasteiger partial charge in [-0.25, -0.2) is 4.79 Å². The standard InChI is InChI=1S/C29H33N3O6S/c33-24-10-8-22(23-9-11-26(35)31-28(23)24)25(34)17-30-13-3-1-2-4-14-38-21-7-5-6-19(16-21)27(32-29(36)37)20-12-15-39-18-20/h5-12,15-16,18,25,27,30,32-34H,1-4,13-14,17H2,(H,31,35)(H,36,37)/t25-,27?/m1/s1. The molecule has 6 N–H and O–H groups in total. The lowest BCUT2D eigenvalue weighted by Gasteiger charge is -2.17. The normalized spacial score (nSPS) is 12.7. The fourth-order valence-electron chi connectivity index (χ4n) is 4.50. The molecule has 0 saturated heterocycles. The van der Waals surface area contributed by atoms with E-state index in [9.17, 15) is 24.9 Å². The van der Waals surface area contributed by atoms with Crippen molar-refractivity contribution in [2.45, 2.75) is 37.8 Å². The number of carboxylic acid groups (broad SMARTS) is 1. The maximum absolute atomic E-state index is 11.6. The number of fused-ring (bicyclic) bond motifs is 1. The van der Waals surface area contributed by atoms with Crippen molar-refractivity contribution in [2.24, 2.45) is 0 Å². The Labute approximate surface area is 230 Å². The molecular weight excluding hydrogens is 518 g/mol. The predicted molar refractivity (Wildman–Crippen MR) is 152 cm³/mol. The molecular formula is C29H33N3O6S. The number of amides is 1. The number of H-pyrrole nitrogens is 1. The molecule has 4 rings (SSSR count). The topological polar surface area (TPSA) is 144 Å². The van der Waals surface area contributed by atoms with Crippen LogP contribution >= 0.6 is 11.3 Å². The van der Waals surface area contributed by atoms with Gasteiger partial charge in [0.2, 0.25) is 5.56 Å². The summed E-state index contributed by atoms with van der Waals surface area (Å²) in [6.07, 6.45) is 2.01. The summed E-state index contributed by atoms with van der Waals surface area (Å²) in [6, 6.07) is 15.1. The van der Waals surface area contributed by atoms with Gasteiger partial charge in [0.15, 0.2) is 0 Å². The van der Waals surface area contributed by atoms with E-state index in [4.69, 9.17) is 4.74 Å². The Morgan fingerprint density at radius 3 is 2.67 bits per heavy atom. The number of phenols is 1. The molecule has 0 fully saturated rings. The highest BCUT2D eigenvalue weighted by Crippen LogP contribution is 2.29. The number of unbranched alkanes of at least 4 members (excludes halogenated alkanes) is 3. The number of aromatic amines is 1. The second kappa shape index (κ2) is 13.8. The second-order valence-electron chi connectivity index (χ2n) is 9.28. The molecule has 39 heavy (non-hydrogen) atoms. The number of nitrogens with one attached hydrogen (secondary N) is 3. The quantitative estimate of drug-likeness (QED) is 0.122. The van der Waals surface area contributed by atoms with Crippen molar-refractivity contribution in [1.82, 2.24) is 15.6 Å². The van der Waals surface area contributed by atoms with Crippen molar-refractivity contribution in [1.29, 1.82) is 0 Å². The highest BCUT2D eigenvalue weighted by Gasteiger charge is 2.17. The van der Waals surface area contributed by atoms with Crippen molar-refractivity contribution in [3.63, 3.8) is 0 Å². The average Bonchev–Trinajstić information content (AvgIpc) is 3.46. The number of aromatic hydroxyl groups is 1. The number of aliphatic hydroxyl groups is 1. The first-order valence-corrected chi connectivity index (χ1v) is 13.8. The van der Waals surface area contributed by atoms with E-state index in [1.807, 2.05) is 41.1 Å². The molecule has 0 aliphatic rings. The summed E-state index contributed by atoms with van der Waals surface area (Å²) in [5, 5.41) is 40.2. The van der Waals surface area contributed by atoms with Gasteiger partial charge in [-0.2, -0.15) is 11.3 Å². The van der Waals surface area contributed by atoms with Crippen molar-refractivity contribution in [2.75, 3.05) is 19.7 Å². The maximum Gasteiger partial charge on any atom is 0.405 e. The van der Waals surface area contributed by atoms with Crippen LogP contribution in [0.5, 0.6) is 11.5 Å². The van der Waals surface area contributed by atoms with Gasteiger partial charge in [0, 0.05) is 18.0 Å². The Bertz CT molecular complexity index is 1420. The zero-order valence-electron chi connectivity index (χ0n) is 21.4. The molecule has 0 saturated carbocycles. The van der Waals surface area contributed by atoms with Crippen LogP contribution in [0.2, 0.25) is 0 Å². The Balaban J connectivity index is 1.15. The molecule has 4 aromatic rings. The Hall–Kier alpha value is -3.86. The van der Waals surface area contributed by atoms with Crippen molar-refractivity contribution < 1.29 is 24.9 Å². The van der Waals surface area contributed by atoms with Gasteiger partial charge in [0.05, 0.1) is 24.3 Å². The fourth-order valence-corrected chi connectivity index (χ4v) is 5.19. The molecule has 2 aromatic carbocycles. The maximum atomic E-state index is 11.6. The molecule has 0 spiro atoms. The van der Waals surface area contributed by atoms with E-state index < -0.39 is 18.2 Å². The van der Waals surface area contributed by atoms with Gasteiger partial charge in [0.1, 0.15) is 11.5 Å². The first-order valence-electron chi connectivity index (χ1n) is 12.9. The monoisotopic (exact) mass is 551 g/mol. The van der Waals surface area contributed by atoms with Crippen molar-refractivity contribution in [3.8, 4) is 11.5 Å². The van der Waals surface area contributed by atoms with Crippen LogP contribution in [0.15, 0.2) is 70.2 Å². The first kappa shape index (κ1) is 28.2. The van der Waals surface area contributed by atoms with E-state index in [-0.39, 0.29) is 11.3 Å². The van der Waals surface area contributed by atoms with Gasteiger partial charge in [-0.1, -0.05) is 31.0 Å². The van der Waals surface area contributed by atoms with Gasteiger partial charge in [-0.05, 0) is 77.2 Å². The second-order valence-corrected chi connectivity index (χ2v) is 10.1. The number of pyridine rings is 1. The van der Waals surface area contributed by atoms with Crippen LogP contribution in [0.3, 0.4) is 0 Å². The van der Waals surface area contributed by atoms with Crippen LogP contribution in [0.4, 0.5) is 4.79 Å². The minimum Gasteiger partial charge on any atom is -0.506 e. The first-order chi connectivity index (χ1) is 18.9. The number of rotatable bonds is 14. The molecule has 9 nitrogen and oxygen atoms in total. The summed E-state index contributed by atoms with van der Waals surface area (Å²) in [5.74, 6) is 0.683. The summed E-state index contributed by atoms with van der Waals surface area (Å²) in [7, 11) is 0. The van der Waals surface area contributed by atoms with Crippen LogP contribution in [-0.4, -0.2) is 46.1 Å². The smallest absolute Gasteiger partial charge is 0.405 e. The van der Waals surface area contributed by atoms with Gasteiger partial charge >= 0.3 is 6.09 Å². The van der Waals surface area contributed by atoms with Gasteiger partial charge < -0.3 is 35.7 Å².